The second kappa shape index (κ2) is 6.85. The van der Waals surface area contributed by atoms with Crippen LogP contribution in [0.1, 0.15) is 24.2 Å². The lowest BCUT2D eigenvalue weighted by molar-refractivity contribution is 0.0526. The van der Waals surface area contributed by atoms with Gasteiger partial charge in [-0.05, 0) is 26.0 Å². The number of hydrogen-bond acceptors (Lipinski definition) is 5. The van der Waals surface area contributed by atoms with E-state index in [-0.39, 0.29) is 17.2 Å². The number of nitrogens with zero attached hydrogens (tertiary/aromatic N) is 1. The van der Waals surface area contributed by atoms with Crippen molar-refractivity contribution >= 4 is 27.6 Å². The molecule has 9 heteroatoms. The Morgan fingerprint density at radius 3 is 2.71 bits per heavy atom. The third kappa shape index (κ3) is 4.14. The standard InChI is InChI=1S/C12H12ClFN2O4S/c1-3-20-12(17)8-4-11(10(14)5-9(8)13)21(18,19)16-7(2)6-15/h4-5,7,16H,3H2,1-2H3. The number of esters is 1. The molecule has 6 nitrogen and oxygen atoms in total. The fourth-order valence-corrected chi connectivity index (χ4v) is 2.88. The van der Waals surface area contributed by atoms with Crippen LogP contribution in [0.15, 0.2) is 17.0 Å². The number of benzene rings is 1. The van der Waals surface area contributed by atoms with E-state index in [0.717, 1.165) is 6.07 Å². The first-order valence-corrected chi connectivity index (χ1v) is 7.67. The summed E-state index contributed by atoms with van der Waals surface area (Å²) in [5.74, 6) is -2.00. The van der Waals surface area contributed by atoms with Crippen LogP contribution < -0.4 is 4.72 Å². The molecule has 0 heterocycles. The summed E-state index contributed by atoms with van der Waals surface area (Å²) in [7, 11) is -4.30. The van der Waals surface area contributed by atoms with Crippen molar-refractivity contribution in [3.63, 3.8) is 0 Å². The molecule has 1 unspecified atom stereocenters. The van der Waals surface area contributed by atoms with Crippen molar-refractivity contribution in [2.45, 2.75) is 24.8 Å². The molecule has 0 bridgehead atoms. The number of hydrogen-bond donors (Lipinski definition) is 1. The summed E-state index contributed by atoms with van der Waals surface area (Å²) < 4.78 is 44.4. The fraction of sp³-hybridized carbons (Fsp3) is 0.333. The van der Waals surface area contributed by atoms with Crippen molar-refractivity contribution in [2.24, 2.45) is 0 Å². The zero-order valence-electron chi connectivity index (χ0n) is 11.2. The summed E-state index contributed by atoms with van der Waals surface area (Å²) in [5.41, 5.74) is -0.273. The van der Waals surface area contributed by atoms with Crippen molar-refractivity contribution in [3.8, 4) is 6.07 Å². The van der Waals surface area contributed by atoms with Gasteiger partial charge in [-0.25, -0.2) is 17.6 Å². The quantitative estimate of drug-likeness (QED) is 0.829. The van der Waals surface area contributed by atoms with Crippen LogP contribution in [0, 0.1) is 17.1 Å². The maximum Gasteiger partial charge on any atom is 0.339 e. The van der Waals surface area contributed by atoms with Gasteiger partial charge in [0.25, 0.3) is 0 Å². The number of nitriles is 1. The first-order chi connectivity index (χ1) is 9.72. The molecule has 0 aliphatic heterocycles. The van der Waals surface area contributed by atoms with Crippen LogP contribution in [-0.4, -0.2) is 27.0 Å². The molecule has 0 aliphatic rings. The normalized spacial score (nSPS) is 12.5. The monoisotopic (exact) mass is 334 g/mol. The van der Waals surface area contributed by atoms with Crippen molar-refractivity contribution in [1.82, 2.24) is 4.72 Å². The van der Waals surface area contributed by atoms with Gasteiger partial charge in [-0.3, -0.25) is 0 Å². The van der Waals surface area contributed by atoms with E-state index in [2.05, 4.69) is 0 Å². The number of carbonyl (C=O) groups excluding carboxylic acids is 1. The molecule has 1 atom stereocenters. The minimum Gasteiger partial charge on any atom is -0.462 e. The molecule has 0 aromatic heterocycles. The minimum atomic E-state index is -4.30. The maximum atomic E-state index is 13.8. The van der Waals surface area contributed by atoms with Crippen LogP contribution in [-0.2, 0) is 14.8 Å². The Balaban J connectivity index is 3.35. The Morgan fingerprint density at radius 1 is 1.57 bits per heavy atom. The van der Waals surface area contributed by atoms with E-state index in [4.69, 9.17) is 21.6 Å². The van der Waals surface area contributed by atoms with E-state index in [1.54, 1.807) is 13.0 Å². The third-order valence-corrected chi connectivity index (χ3v) is 4.20. The van der Waals surface area contributed by atoms with Crippen LogP contribution in [0.4, 0.5) is 4.39 Å². The number of carbonyl (C=O) groups is 1. The molecule has 1 N–H and O–H groups in total. The minimum absolute atomic E-state index is 0.0539. The van der Waals surface area contributed by atoms with Gasteiger partial charge in [0.05, 0.1) is 23.3 Å². The average molecular weight is 335 g/mol. The second-order valence-electron chi connectivity index (χ2n) is 3.96. The molecular weight excluding hydrogens is 323 g/mol. The largest absolute Gasteiger partial charge is 0.462 e. The summed E-state index contributed by atoms with van der Waals surface area (Å²) >= 11 is 5.71. The van der Waals surface area contributed by atoms with Gasteiger partial charge in [0.1, 0.15) is 16.8 Å². The van der Waals surface area contributed by atoms with Gasteiger partial charge in [0, 0.05) is 0 Å². The summed E-state index contributed by atoms with van der Waals surface area (Å²) in [4.78, 5) is 10.9. The molecule has 0 radical (unpaired) electrons. The fourth-order valence-electron chi connectivity index (χ4n) is 1.42. The SMILES string of the molecule is CCOC(=O)c1cc(S(=O)(=O)NC(C)C#N)c(F)cc1Cl. The number of nitrogens with one attached hydrogen (secondary N) is 1. The molecule has 1 aromatic rings. The van der Waals surface area contributed by atoms with E-state index >= 15 is 0 Å². The Kier molecular flexibility index (Phi) is 5.66. The molecule has 0 saturated heterocycles. The highest BCUT2D eigenvalue weighted by molar-refractivity contribution is 7.89. The molecular formula is C12H12ClFN2O4S. The van der Waals surface area contributed by atoms with E-state index in [1.165, 1.54) is 6.92 Å². The van der Waals surface area contributed by atoms with Gasteiger partial charge in [-0.2, -0.15) is 9.98 Å². The Bertz CT molecular complexity index is 700. The summed E-state index contributed by atoms with van der Waals surface area (Å²) in [6.07, 6.45) is 0. The third-order valence-electron chi connectivity index (χ3n) is 2.33. The maximum absolute atomic E-state index is 13.8. The number of halogens is 2. The van der Waals surface area contributed by atoms with E-state index in [1.807, 2.05) is 4.72 Å². The summed E-state index contributed by atoms with van der Waals surface area (Å²) in [6.45, 7) is 2.90. The highest BCUT2D eigenvalue weighted by Gasteiger charge is 2.25. The van der Waals surface area contributed by atoms with Crippen molar-refractivity contribution in [3.05, 3.63) is 28.5 Å². The van der Waals surface area contributed by atoms with Crippen molar-refractivity contribution in [1.29, 1.82) is 5.26 Å². The molecule has 1 rings (SSSR count). The zero-order chi connectivity index (χ0) is 16.2. The summed E-state index contributed by atoms with van der Waals surface area (Å²) in [5, 5.41) is 8.34. The van der Waals surface area contributed by atoms with E-state index in [9.17, 15) is 17.6 Å². The molecule has 21 heavy (non-hydrogen) atoms. The molecule has 0 spiro atoms. The highest BCUT2D eigenvalue weighted by Crippen LogP contribution is 2.24. The molecule has 114 valence electrons. The lowest BCUT2D eigenvalue weighted by Gasteiger charge is -2.11. The van der Waals surface area contributed by atoms with Gasteiger partial charge in [-0.1, -0.05) is 11.6 Å². The number of ether oxygens (including phenoxy) is 1. The smallest absolute Gasteiger partial charge is 0.339 e. The Hall–Kier alpha value is -1.69. The Labute approximate surface area is 126 Å². The lowest BCUT2D eigenvalue weighted by Crippen LogP contribution is -2.32. The average Bonchev–Trinajstić information content (AvgIpc) is 2.37. The zero-order valence-corrected chi connectivity index (χ0v) is 12.8. The predicted octanol–water partition coefficient (Wildman–Crippen LogP) is 1.85. The van der Waals surface area contributed by atoms with E-state index in [0.29, 0.717) is 6.07 Å². The molecule has 0 saturated carbocycles. The van der Waals surface area contributed by atoms with Crippen LogP contribution >= 0.6 is 11.6 Å². The van der Waals surface area contributed by atoms with Gasteiger partial charge < -0.3 is 4.74 Å². The molecule has 1 aromatic carbocycles. The first-order valence-electron chi connectivity index (χ1n) is 5.81. The van der Waals surface area contributed by atoms with Crippen molar-refractivity contribution in [2.75, 3.05) is 6.61 Å². The first kappa shape index (κ1) is 17.4. The molecule has 0 fully saturated rings. The van der Waals surface area contributed by atoms with Crippen LogP contribution in [0.5, 0.6) is 0 Å². The van der Waals surface area contributed by atoms with Crippen LogP contribution in [0.25, 0.3) is 0 Å². The van der Waals surface area contributed by atoms with E-state index < -0.39 is 32.7 Å². The topological polar surface area (TPSA) is 96.3 Å². The number of rotatable bonds is 5. The van der Waals surface area contributed by atoms with Gasteiger partial charge in [-0.15, -0.1) is 0 Å². The lowest BCUT2D eigenvalue weighted by atomic mass is 10.2. The Morgan fingerprint density at radius 2 is 2.19 bits per heavy atom. The summed E-state index contributed by atoms with van der Waals surface area (Å²) in [6, 6.07) is 2.08. The number of sulfonamides is 1. The highest BCUT2D eigenvalue weighted by atomic mass is 35.5. The van der Waals surface area contributed by atoms with Crippen LogP contribution in [0.2, 0.25) is 5.02 Å². The molecule has 0 amide bonds. The van der Waals surface area contributed by atoms with Gasteiger partial charge in [0.15, 0.2) is 0 Å². The van der Waals surface area contributed by atoms with Gasteiger partial charge in [0.2, 0.25) is 10.0 Å². The van der Waals surface area contributed by atoms with Gasteiger partial charge >= 0.3 is 5.97 Å². The molecule has 0 aliphatic carbocycles. The van der Waals surface area contributed by atoms with Crippen molar-refractivity contribution < 1.29 is 22.3 Å². The van der Waals surface area contributed by atoms with Crippen LogP contribution in [0.3, 0.4) is 0 Å². The predicted molar refractivity (Wildman–Crippen MR) is 72.8 cm³/mol. The second-order valence-corrected chi connectivity index (χ2v) is 6.04.